The molecule has 0 unspecified atom stereocenters. The Morgan fingerprint density at radius 2 is 1.90 bits per heavy atom. The number of nitrogens with one attached hydrogen (secondary N) is 2. The smallest absolute Gasteiger partial charge is 0.252 e. The minimum Gasteiger partial charge on any atom is -0.343 e. The molecule has 0 aliphatic rings. The van der Waals surface area contributed by atoms with Crippen LogP contribution in [0.4, 0.5) is 5.69 Å². The molecule has 0 spiro atoms. The molecule has 0 atom stereocenters. The van der Waals surface area contributed by atoms with Crippen molar-refractivity contribution < 1.29 is 9.59 Å². The van der Waals surface area contributed by atoms with Gasteiger partial charge in [0, 0.05) is 16.1 Å². The molecule has 4 nitrogen and oxygen atoms in total. The number of amides is 2. The van der Waals surface area contributed by atoms with E-state index in [1.165, 1.54) is 11.3 Å². The maximum absolute atomic E-state index is 11.8. The summed E-state index contributed by atoms with van der Waals surface area (Å²) in [5.41, 5.74) is 2.15. The van der Waals surface area contributed by atoms with E-state index in [0.717, 1.165) is 5.56 Å². The van der Waals surface area contributed by atoms with Crippen LogP contribution in [-0.2, 0) is 4.79 Å². The zero-order valence-electron chi connectivity index (χ0n) is 10.8. The Labute approximate surface area is 125 Å². The highest BCUT2D eigenvalue weighted by atomic mass is 35.5. The number of rotatable bonds is 4. The van der Waals surface area contributed by atoms with Crippen molar-refractivity contribution in [2.75, 3.05) is 11.9 Å². The predicted octanol–water partition coefficient (Wildman–Crippen LogP) is 3.08. The van der Waals surface area contributed by atoms with Gasteiger partial charge < -0.3 is 10.6 Å². The molecule has 6 heteroatoms. The number of halogens is 1. The lowest BCUT2D eigenvalue weighted by molar-refractivity contribution is -0.115. The lowest BCUT2D eigenvalue weighted by Crippen LogP contribution is -2.32. The number of anilines is 1. The molecule has 1 heterocycles. The van der Waals surface area contributed by atoms with E-state index in [-0.39, 0.29) is 18.4 Å². The molecule has 2 N–H and O–H groups in total. The van der Waals surface area contributed by atoms with E-state index in [0.29, 0.717) is 16.3 Å². The molecule has 0 fully saturated rings. The summed E-state index contributed by atoms with van der Waals surface area (Å²) in [6, 6.07) is 6.77. The zero-order valence-corrected chi connectivity index (χ0v) is 12.3. The summed E-state index contributed by atoms with van der Waals surface area (Å²) in [5.74, 6) is -0.524. The van der Waals surface area contributed by atoms with Gasteiger partial charge in [-0.25, -0.2) is 0 Å². The monoisotopic (exact) mass is 308 g/mol. The summed E-state index contributed by atoms with van der Waals surface area (Å²) < 4.78 is 0. The number of aryl methyl sites for hydroxylation is 1. The highest BCUT2D eigenvalue weighted by molar-refractivity contribution is 7.08. The second-order valence-corrected chi connectivity index (χ2v) is 5.39. The molecule has 2 amide bonds. The molecule has 1 aromatic carbocycles. The van der Waals surface area contributed by atoms with Gasteiger partial charge in [0.2, 0.25) is 5.91 Å². The average Bonchev–Trinajstić information content (AvgIpc) is 2.85. The second-order valence-electron chi connectivity index (χ2n) is 4.21. The fourth-order valence-corrected chi connectivity index (χ4v) is 2.54. The quantitative estimate of drug-likeness (QED) is 0.912. The summed E-state index contributed by atoms with van der Waals surface area (Å²) in [6.45, 7) is 1.79. The molecule has 0 bridgehead atoms. The van der Waals surface area contributed by atoms with E-state index >= 15 is 0 Å². The zero-order chi connectivity index (χ0) is 14.5. The first-order valence-electron chi connectivity index (χ1n) is 5.92. The third-order valence-corrected chi connectivity index (χ3v) is 3.75. The van der Waals surface area contributed by atoms with E-state index in [9.17, 15) is 9.59 Å². The first-order valence-corrected chi connectivity index (χ1v) is 7.25. The minimum atomic E-state index is -0.284. The van der Waals surface area contributed by atoms with Gasteiger partial charge in [0.25, 0.3) is 5.91 Å². The standard InChI is InChI=1S/C14H13ClN2O2S/c1-9-7-20-8-12(9)14(19)16-6-13(18)17-11-4-2-10(15)3-5-11/h2-5,7-8H,6H2,1H3,(H,16,19)(H,17,18). The van der Waals surface area contributed by atoms with Crippen molar-refractivity contribution in [3.63, 3.8) is 0 Å². The van der Waals surface area contributed by atoms with Crippen molar-refractivity contribution in [1.29, 1.82) is 0 Å². The summed E-state index contributed by atoms with van der Waals surface area (Å²) in [4.78, 5) is 23.5. The lowest BCUT2D eigenvalue weighted by atomic mass is 10.2. The Balaban J connectivity index is 1.85. The molecule has 0 aliphatic carbocycles. The topological polar surface area (TPSA) is 58.2 Å². The van der Waals surface area contributed by atoms with E-state index in [1.54, 1.807) is 29.6 Å². The Hall–Kier alpha value is -1.85. The van der Waals surface area contributed by atoms with Crippen molar-refractivity contribution in [2.24, 2.45) is 0 Å². The largest absolute Gasteiger partial charge is 0.343 e. The third kappa shape index (κ3) is 3.82. The molecule has 104 valence electrons. The third-order valence-electron chi connectivity index (χ3n) is 2.64. The molecule has 2 rings (SSSR count). The van der Waals surface area contributed by atoms with Crippen LogP contribution in [0.25, 0.3) is 0 Å². The molecule has 0 saturated heterocycles. The van der Waals surface area contributed by atoms with Gasteiger partial charge in [-0.15, -0.1) is 0 Å². The normalized spacial score (nSPS) is 10.1. The van der Waals surface area contributed by atoms with Crippen LogP contribution < -0.4 is 10.6 Å². The maximum atomic E-state index is 11.8. The molecular formula is C14H13ClN2O2S. The molecule has 0 aliphatic heterocycles. The predicted molar refractivity (Wildman–Crippen MR) is 81.5 cm³/mol. The number of benzene rings is 1. The van der Waals surface area contributed by atoms with Crippen molar-refractivity contribution >= 4 is 40.4 Å². The van der Waals surface area contributed by atoms with Gasteiger partial charge >= 0.3 is 0 Å². The minimum absolute atomic E-state index is 0.0727. The van der Waals surface area contributed by atoms with Crippen LogP contribution in [0.15, 0.2) is 35.0 Å². The number of carbonyl (C=O) groups excluding carboxylic acids is 2. The second kappa shape index (κ2) is 6.54. The van der Waals surface area contributed by atoms with Gasteiger partial charge in [0.1, 0.15) is 0 Å². The molecule has 0 saturated carbocycles. The van der Waals surface area contributed by atoms with Gasteiger partial charge in [-0.2, -0.15) is 11.3 Å². The van der Waals surface area contributed by atoms with Crippen LogP contribution in [0, 0.1) is 6.92 Å². The number of thiophene rings is 1. The van der Waals surface area contributed by atoms with E-state index in [2.05, 4.69) is 10.6 Å². The van der Waals surface area contributed by atoms with Crippen LogP contribution >= 0.6 is 22.9 Å². The van der Waals surface area contributed by atoms with Gasteiger partial charge in [0.05, 0.1) is 12.1 Å². The van der Waals surface area contributed by atoms with Gasteiger partial charge in [-0.3, -0.25) is 9.59 Å². The van der Waals surface area contributed by atoms with Crippen LogP contribution in [0.2, 0.25) is 5.02 Å². The van der Waals surface area contributed by atoms with Crippen LogP contribution in [-0.4, -0.2) is 18.4 Å². The Morgan fingerprint density at radius 3 is 2.50 bits per heavy atom. The number of hydrogen-bond acceptors (Lipinski definition) is 3. The Bertz CT molecular complexity index is 622. The summed E-state index contributed by atoms with van der Waals surface area (Å²) >= 11 is 7.21. The maximum Gasteiger partial charge on any atom is 0.252 e. The van der Waals surface area contributed by atoms with Crippen molar-refractivity contribution in [2.45, 2.75) is 6.92 Å². The fraction of sp³-hybridized carbons (Fsp3) is 0.143. The summed E-state index contributed by atoms with van der Waals surface area (Å²) in [7, 11) is 0. The first kappa shape index (κ1) is 14.6. The van der Waals surface area contributed by atoms with E-state index in [4.69, 9.17) is 11.6 Å². The number of hydrogen-bond donors (Lipinski definition) is 2. The van der Waals surface area contributed by atoms with Crippen molar-refractivity contribution in [1.82, 2.24) is 5.32 Å². The highest BCUT2D eigenvalue weighted by Gasteiger charge is 2.11. The van der Waals surface area contributed by atoms with Gasteiger partial charge in [-0.05, 0) is 42.1 Å². The molecule has 1 aromatic heterocycles. The number of carbonyl (C=O) groups is 2. The van der Waals surface area contributed by atoms with Crippen molar-refractivity contribution in [3.8, 4) is 0 Å². The lowest BCUT2D eigenvalue weighted by Gasteiger charge is -2.07. The van der Waals surface area contributed by atoms with Crippen LogP contribution in [0.5, 0.6) is 0 Å². The first-order chi connectivity index (χ1) is 9.56. The van der Waals surface area contributed by atoms with Crippen LogP contribution in [0.3, 0.4) is 0 Å². The van der Waals surface area contributed by atoms with Crippen LogP contribution in [0.1, 0.15) is 15.9 Å². The van der Waals surface area contributed by atoms with Gasteiger partial charge in [0.15, 0.2) is 0 Å². The highest BCUT2D eigenvalue weighted by Crippen LogP contribution is 2.14. The molecular weight excluding hydrogens is 296 g/mol. The van der Waals surface area contributed by atoms with E-state index < -0.39 is 0 Å². The molecule has 0 radical (unpaired) electrons. The molecule has 20 heavy (non-hydrogen) atoms. The molecule has 2 aromatic rings. The fourth-order valence-electron chi connectivity index (χ4n) is 1.59. The van der Waals surface area contributed by atoms with Crippen molar-refractivity contribution in [3.05, 3.63) is 51.2 Å². The average molecular weight is 309 g/mol. The Kier molecular flexibility index (Phi) is 4.76. The summed E-state index contributed by atoms with van der Waals surface area (Å²) in [5, 5.41) is 9.52. The van der Waals surface area contributed by atoms with Gasteiger partial charge in [-0.1, -0.05) is 11.6 Å². The SMILES string of the molecule is Cc1cscc1C(=O)NCC(=O)Nc1ccc(Cl)cc1. The Morgan fingerprint density at radius 1 is 1.20 bits per heavy atom. The summed E-state index contributed by atoms with van der Waals surface area (Å²) in [6.07, 6.45) is 0. The van der Waals surface area contributed by atoms with E-state index in [1.807, 2.05) is 12.3 Å².